The van der Waals surface area contributed by atoms with Crippen LogP contribution in [0.1, 0.15) is 51.9 Å². The van der Waals surface area contributed by atoms with Crippen LogP contribution in [0.2, 0.25) is 0 Å². The summed E-state index contributed by atoms with van der Waals surface area (Å²) in [5, 5.41) is 14.6. The van der Waals surface area contributed by atoms with E-state index in [0.717, 1.165) is 19.3 Å². The monoisotopic (exact) mass is 241 g/mol. The van der Waals surface area contributed by atoms with Gasteiger partial charge in [-0.2, -0.15) is 0 Å². The molecule has 0 radical (unpaired) electrons. The predicted molar refractivity (Wildman–Crippen MR) is 66.8 cm³/mol. The Morgan fingerprint density at radius 3 is 2.65 bits per heavy atom. The van der Waals surface area contributed by atoms with Gasteiger partial charge in [0.2, 0.25) is 5.91 Å². The number of rotatable bonds is 5. The SMILES string of the molecule is CCCC(C(=O)NC1CCCCC1)C(N)=NO. The van der Waals surface area contributed by atoms with Crippen LogP contribution in [0.5, 0.6) is 0 Å². The molecule has 5 nitrogen and oxygen atoms in total. The zero-order valence-electron chi connectivity index (χ0n) is 10.5. The van der Waals surface area contributed by atoms with E-state index in [1.807, 2.05) is 6.92 Å². The molecule has 0 aromatic heterocycles. The second-order valence-corrected chi connectivity index (χ2v) is 4.71. The Balaban J connectivity index is 2.52. The fraction of sp³-hybridized carbons (Fsp3) is 0.833. The summed E-state index contributed by atoms with van der Waals surface area (Å²) in [6.07, 6.45) is 7.14. The molecule has 1 fully saturated rings. The van der Waals surface area contributed by atoms with E-state index >= 15 is 0 Å². The normalized spacial score (nSPS) is 19.9. The first-order chi connectivity index (χ1) is 8.19. The summed E-state index contributed by atoms with van der Waals surface area (Å²) in [4.78, 5) is 12.0. The number of amides is 1. The van der Waals surface area contributed by atoms with Crippen molar-refractivity contribution >= 4 is 11.7 Å². The van der Waals surface area contributed by atoms with Gasteiger partial charge >= 0.3 is 0 Å². The first kappa shape index (κ1) is 13.8. The van der Waals surface area contributed by atoms with E-state index in [4.69, 9.17) is 10.9 Å². The molecule has 0 heterocycles. The minimum absolute atomic E-state index is 0.0140. The van der Waals surface area contributed by atoms with E-state index in [2.05, 4.69) is 10.5 Å². The van der Waals surface area contributed by atoms with Crippen LogP contribution in [0.15, 0.2) is 5.16 Å². The number of nitrogens with zero attached hydrogens (tertiary/aromatic N) is 1. The average molecular weight is 241 g/mol. The van der Waals surface area contributed by atoms with Crippen LogP contribution in [0.4, 0.5) is 0 Å². The maximum absolute atomic E-state index is 12.0. The quantitative estimate of drug-likeness (QED) is 0.296. The van der Waals surface area contributed by atoms with Crippen LogP contribution in [-0.4, -0.2) is 23.0 Å². The van der Waals surface area contributed by atoms with Crippen LogP contribution in [-0.2, 0) is 4.79 Å². The van der Waals surface area contributed by atoms with Crippen LogP contribution in [0.25, 0.3) is 0 Å². The molecular formula is C12H23N3O2. The van der Waals surface area contributed by atoms with E-state index in [9.17, 15) is 4.79 Å². The average Bonchev–Trinajstić information content (AvgIpc) is 2.36. The minimum Gasteiger partial charge on any atom is -0.409 e. The standard InChI is InChI=1S/C12H23N3O2/c1-2-6-10(11(13)15-17)12(16)14-9-7-4-3-5-8-9/h9-10,17H,2-8H2,1H3,(H2,13,15)(H,14,16). The number of oxime groups is 1. The highest BCUT2D eigenvalue weighted by Crippen LogP contribution is 2.18. The first-order valence-electron chi connectivity index (χ1n) is 6.46. The maximum atomic E-state index is 12.0. The van der Waals surface area contributed by atoms with Crippen molar-refractivity contribution in [3.8, 4) is 0 Å². The van der Waals surface area contributed by atoms with E-state index < -0.39 is 5.92 Å². The summed E-state index contributed by atoms with van der Waals surface area (Å²) in [6.45, 7) is 1.98. The molecule has 1 atom stereocenters. The highest BCUT2D eigenvalue weighted by atomic mass is 16.4. The van der Waals surface area contributed by atoms with Crippen LogP contribution in [0.3, 0.4) is 0 Å². The summed E-state index contributed by atoms with van der Waals surface area (Å²) in [5.41, 5.74) is 5.55. The predicted octanol–water partition coefficient (Wildman–Crippen LogP) is 1.60. The summed E-state index contributed by atoms with van der Waals surface area (Å²) in [7, 11) is 0. The highest BCUT2D eigenvalue weighted by molar-refractivity contribution is 6.02. The largest absolute Gasteiger partial charge is 0.409 e. The molecule has 1 unspecified atom stereocenters. The molecule has 17 heavy (non-hydrogen) atoms. The van der Waals surface area contributed by atoms with Gasteiger partial charge in [0.25, 0.3) is 0 Å². The number of hydrogen-bond acceptors (Lipinski definition) is 3. The Bertz CT molecular complexity index is 273. The van der Waals surface area contributed by atoms with Crippen molar-refractivity contribution in [2.45, 2.75) is 57.9 Å². The van der Waals surface area contributed by atoms with Gasteiger partial charge in [0.15, 0.2) is 5.84 Å². The van der Waals surface area contributed by atoms with Crippen LogP contribution in [0, 0.1) is 5.92 Å². The fourth-order valence-electron chi connectivity index (χ4n) is 2.32. The number of amidine groups is 1. The Morgan fingerprint density at radius 2 is 2.12 bits per heavy atom. The molecule has 1 aliphatic carbocycles. The highest BCUT2D eigenvalue weighted by Gasteiger charge is 2.25. The van der Waals surface area contributed by atoms with Gasteiger partial charge in [-0.05, 0) is 19.3 Å². The van der Waals surface area contributed by atoms with E-state index in [0.29, 0.717) is 6.42 Å². The van der Waals surface area contributed by atoms with Gasteiger partial charge in [0.1, 0.15) is 0 Å². The zero-order valence-corrected chi connectivity index (χ0v) is 10.5. The molecule has 98 valence electrons. The maximum Gasteiger partial charge on any atom is 0.231 e. The molecule has 1 amide bonds. The number of carbonyl (C=O) groups excluding carboxylic acids is 1. The molecule has 0 bridgehead atoms. The Labute approximate surface area is 102 Å². The lowest BCUT2D eigenvalue weighted by Gasteiger charge is -2.25. The lowest BCUT2D eigenvalue weighted by Crippen LogP contribution is -2.44. The number of nitrogens with two attached hydrogens (primary N) is 1. The summed E-state index contributed by atoms with van der Waals surface area (Å²) in [6, 6.07) is 0.266. The Kier molecular flexibility index (Phi) is 5.80. The summed E-state index contributed by atoms with van der Waals surface area (Å²) in [5.74, 6) is -0.582. The van der Waals surface area contributed by atoms with Crippen molar-refractivity contribution in [2.24, 2.45) is 16.8 Å². The molecular weight excluding hydrogens is 218 g/mol. The number of nitrogens with one attached hydrogen (secondary N) is 1. The molecule has 1 aliphatic rings. The third-order valence-electron chi connectivity index (χ3n) is 3.32. The van der Waals surface area contributed by atoms with Gasteiger partial charge in [-0.15, -0.1) is 0 Å². The third kappa shape index (κ3) is 4.24. The molecule has 0 aromatic carbocycles. The van der Waals surface area contributed by atoms with Crippen molar-refractivity contribution < 1.29 is 10.0 Å². The van der Waals surface area contributed by atoms with E-state index in [1.165, 1.54) is 19.3 Å². The van der Waals surface area contributed by atoms with E-state index in [-0.39, 0.29) is 17.8 Å². The summed E-state index contributed by atoms with van der Waals surface area (Å²) < 4.78 is 0. The van der Waals surface area contributed by atoms with Crippen molar-refractivity contribution in [1.82, 2.24) is 5.32 Å². The van der Waals surface area contributed by atoms with Gasteiger partial charge in [-0.25, -0.2) is 0 Å². The van der Waals surface area contributed by atoms with Gasteiger partial charge in [-0.1, -0.05) is 37.8 Å². The molecule has 0 aromatic rings. The topological polar surface area (TPSA) is 87.7 Å². The molecule has 5 heteroatoms. The lowest BCUT2D eigenvalue weighted by atomic mass is 9.94. The molecule has 0 spiro atoms. The van der Waals surface area contributed by atoms with E-state index in [1.54, 1.807) is 0 Å². The molecule has 1 saturated carbocycles. The smallest absolute Gasteiger partial charge is 0.231 e. The zero-order chi connectivity index (χ0) is 12.7. The van der Waals surface area contributed by atoms with Crippen molar-refractivity contribution in [2.75, 3.05) is 0 Å². The molecule has 0 aliphatic heterocycles. The molecule has 0 saturated heterocycles. The minimum atomic E-state index is -0.494. The van der Waals surface area contributed by atoms with Crippen molar-refractivity contribution in [1.29, 1.82) is 0 Å². The molecule has 1 rings (SSSR count). The summed E-state index contributed by atoms with van der Waals surface area (Å²) >= 11 is 0. The lowest BCUT2D eigenvalue weighted by molar-refractivity contribution is -0.124. The van der Waals surface area contributed by atoms with Gasteiger partial charge < -0.3 is 16.3 Å². The fourth-order valence-corrected chi connectivity index (χ4v) is 2.32. The van der Waals surface area contributed by atoms with Crippen LogP contribution < -0.4 is 11.1 Å². The second kappa shape index (κ2) is 7.14. The van der Waals surface area contributed by atoms with Crippen molar-refractivity contribution in [3.63, 3.8) is 0 Å². The third-order valence-corrected chi connectivity index (χ3v) is 3.32. The van der Waals surface area contributed by atoms with Gasteiger partial charge in [0.05, 0.1) is 5.92 Å². The van der Waals surface area contributed by atoms with Gasteiger partial charge in [-0.3, -0.25) is 4.79 Å². The Morgan fingerprint density at radius 1 is 1.47 bits per heavy atom. The second-order valence-electron chi connectivity index (χ2n) is 4.71. The van der Waals surface area contributed by atoms with Gasteiger partial charge in [0, 0.05) is 6.04 Å². The Hall–Kier alpha value is -1.26. The first-order valence-corrected chi connectivity index (χ1v) is 6.46. The van der Waals surface area contributed by atoms with Crippen molar-refractivity contribution in [3.05, 3.63) is 0 Å². The van der Waals surface area contributed by atoms with Crippen LogP contribution >= 0.6 is 0 Å². The number of hydrogen-bond donors (Lipinski definition) is 3. The number of carbonyl (C=O) groups is 1. The molecule has 4 N–H and O–H groups in total.